The first-order valence-corrected chi connectivity index (χ1v) is 6.20. The highest BCUT2D eigenvalue weighted by atomic mass is 19.1. The van der Waals surface area contributed by atoms with Crippen molar-refractivity contribution in [2.75, 3.05) is 7.11 Å². The van der Waals surface area contributed by atoms with Crippen molar-refractivity contribution in [2.45, 2.75) is 0 Å². The van der Waals surface area contributed by atoms with Crippen molar-refractivity contribution in [3.63, 3.8) is 0 Å². The van der Waals surface area contributed by atoms with E-state index in [9.17, 15) is 19.1 Å². The fourth-order valence-electron chi connectivity index (χ4n) is 2.12. The largest absolute Gasteiger partial charge is 0.506 e. The average Bonchev–Trinajstić information content (AvgIpc) is 2.91. The van der Waals surface area contributed by atoms with Crippen LogP contribution < -0.4 is 5.56 Å². The number of carbonyl (C=O) groups is 1. The summed E-state index contributed by atoms with van der Waals surface area (Å²) < 4.78 is 18.8. The second-order valence-electron chi connectivity index (χ2n) is 4.46. The molecule has 0 bridgehead atoms. The zero-order valence-electron chi connectivity index (χ0n) is 11.3. The minimum Gasteiger partial charge on any atom is -0.506 e. The van der Waals surface area contributed by atoms with Crippen molar-refractivity contribution in [2.24, 2.45) is 0 Å². The minimum atomic E-state index is -0.949. The maximum Gasteiger partial charge on any atom is 0.347 e. The third kappa shape index (κ3) is 2.01. The van der Waals surface area contributed by atoms with Crippen LogP contribution in [0, 0.1) is 5.82 Å². The number of halogens is 1. The molecule has 0 saturated carbocycles. The molecule has 2 aromatic heterocycles. The van der Waals surface area contributed by atoms with E-state index in [0.717, 1.165) is 7.11 Å². The zero-order chi connectivity index (χ0) is 15.9. The molecule has 7 nitrogen and oxygen atoms in total. The Bertz CT molecular complexity index is 928. The first kappa shape index (κ1) is 13.8. The number of rotatable bonds is 2. The van der Waals surface area contributed by atoms with Crippen LogP contribution in [-0.4, -0.2) is 33.0 Å². The van der Waals surface area contributed by atoms with Gasteiger partial charge in [0.25, 0.3) is 5.56 Å². The van der Waals surface area contributed by atoms with Gasteiger partial charge in [-0.05, 0) is 24.3 Å². The Morgan fingerprint density at radius 3 is 2.68 bits per heavy atom. The lowest BCUT2D eigenvalue weighted by Crippen LogP contribution is -2.19. The van der Waals surface area contributed by atoms with Gasteiger partial charge < -0.3 is 14.8 Å². The Morgan fingerprint density at radius 1 is 1.36 bits per heavy atom. The van der Waals surface area contributed by atoms with Crippen LogP contribution in [0.25, 0.3) is 16.7 Å². The molecule has 3 aromatic rings. The molecule has 22 heavy (non-hydrogen) atoms. The normalized spacial score (nSPS) is 10.8. The SMILES string of the molecule is COC(=O)c1c(O)c2cnn(-c3ccc(F)cc3)c2[nH]c1=O. The van der Waals surface area contributed by atoms with E-state index in [2.05, 4.69) is 14.8 Å². The summed E-state index contributed by atoms with van der Waals surface area (Å²) in [5.41, 5.74) is -0.631. The van der Waals surface area contributed by atoms with E-state index in [-0.39, 0.29) is 11.0 Å². The quantitative estimate of drug-likeness (QED) is 0.696. The maximum absolute atomic E-state index is 13.0. The highest BCUT2D eigenvalue weighted by molar-refractivity contribution is 5.98. The van der Waals surface area contributed by atoms with Gasteiger partial charge in [-0.2, -0.15) is 5.10 Å². The number of hydrogen-bond donors (Lipinski definition) is 2. The van der Waals surface area contributed by atoms with Gasteiger partial charge >= 0.3 is 5.97 Å². The van der Waals surface area contributed by atoms with Crippen LogP contribution in [-0.2, 0) is 4.74 Å². The molecule has 1 aromatic carbocycles. The monoisotopic (exact) mass is 303 g/mol. The number of esters is 1. The highest BCUT2D eigenvalue weighted by Crippen LogP contribution is 2.26. The topological polar surface area (TPSA) is 97.2 Å². The number of benzene rings is 1. The van der Waals surface area contributed by atoms with Gasteiger partial charge in [0.15, 0.2) is 5.56 Å². The molecular weight excluding hydrogens is 293 g/mol. The van der Waals surface area contributed by atoms with Crippen molar-refractivity contribution in [1.82, 2.24) is 14.8 Å². The molecule has 2 N–H and O–H groups in total. The Labute approximate surface area is 122 Å². The lowest BCUT2D eigenvalue weighted by atomic mass is 10.2. The number of aromatic nitrogens is 3. The number of nitrogens with one attached hydrogen (secondary N) is 1. The fraction of sp³-hybridized carbons (Fsp3) is 0.0714. The summed E-state index contributed by atoms with van der Waals surface area (Å²) in [7, 11) is 1.10. The smallest absolute Gasteiger partial charge is 0.347 e. The molecule has 0 radical (unpaired) electrons. The van der Waals surface area contributed by atoms with Crippen molar-refractivity contribution in [3.05, 3.63) is 52.2 Å². The van der Waals surface area contributed by atoms with Gasteiger partial charge in [-0.3, -0.25) is 4.79 Å². The standard InChI is InChI=1S/C14H10FN3O4/c1-22-14(21)10-11(19)9-6-16-18(12(9)17-13(10)20)8-4-2-7(15)3-5-8/h2-6H,1H3,(H2,17,19,20). The third-order valence-electron chi connectivity index (χ3n) is 3.18. The number of ether oxygens (including phenoxy) is 1. The van der Waals surface area contributed by atoms with E-state index < -0.39 is 28.7 Å². The van der Waals surface area contributed by atoms with Crippen LogP contribution in [0.5, 0.6) is 5.75 Å². The van der Waals surface area contributed by atoms with Gasteiger partial charge in [0, 0.05) is 0 Å². The second-order valence-corrected chi connectivity index (χ2v) is 4.46. The molecule has 0 aliphatic heterocycles. The number of carbonyl (C=O) groups excluding carboxylic acids is 1. The van der Waals surface area contributed by atoms with Gasteiger partial charge in [-0.15, -0.1) is 0 Å². The Kier molecular flexibility index (Phi) is 3.13. The van der Waals surface area contributed by atoms with Crippen LogP contribution in [0.1, 0.15) is 10.4 Å². The summed E-state index contributed by atoms with van der Waals surface area (Å²) in [5, 5.41) is 14.3. The summed E-state index contributed by atoms with van der Waals surface area (Å²) in [6.45, 7) is 0. The second kappa shape index (κ2) is 4.99. The van der Waals surface area contributed by atoms with Crippen molar-refractivity contribution in [1.29, 1.82) is 0 Å². The zero-order valence-corrected chi connectivity index (χ0v) is 11.3. The highest BCUT2D eigenvalue weighted by Gasteiger charge is 2.22. The molecule has 8 heteroatoms. The van der Waals surface area contributed by atoms with Gasteiger partial charge in [-0.25, -0.2) is 13.9 Å². The molecule has 0 amide bonds. The number of hydrogen-bond acceptors (Lipinski definition) is 5. The van der Waals surface area contributed by atoms with Gasteiger partial charge in [0.1, 0.15) is 17.2 Å². The lowest BCUT2D eigenvalue weighted by Gasteiger charge is -2.05. The van der Waals surface area contributed by atoms with Crippen molar-refractivity contribution < 1.29 is 19.0 Å². The molecule has 0 atom stereocenters. The molecule has 0 unspecified atom stereocenters. The van der Waals surface area contributed by atoms with Gasteiger partial charge in [-0.1, -0.05) is 0 Å². The van der Waals surface area contributed by atoms with Crippen molar-refractivity contribution in [3.8, 4) is 11.4 Å². The fourth-order valence-corrected chi connectivity index (χ4v) is 2.12. The third-order valence-corrected chi connectivity index (χ3v) is 3.18. The molecule has 112 valence electrons. The van der Waals surface area contributed by atoms with Crippen LogP contribution in [0.2, 0.25) is 0 Å². The number of H-pyrrole nitrogens is 1. The van der Waals surface area contributed by atoms with E-state index in [1.54, 1.807) is 0 Å². The van der Waals surface area contributed by atoms with Crippen molar-refractivity contribution >= 4 is 17.0 Å². The average molecular weight is 303 g/mol. The van der Waals surface area contributed by atoms with Gasteiger partial charge in [0.05, 0.1) is 24.4 Å². The summed E-state index contributed by atoms with van der Waals surface area (Å²) in [6, 6.07) is 5.41. The lowest BCUT2D eigenvalue weighted by molar-refractivity contribution is 0.0595. The van der Waals surface area contributed by atoms with E-state index >= 15 is 0 Å². The van der Waals surface area contributed by atoms with E-state index in [1.807, 2.05) is 0 Å². The molecule has 0 fully saturated rings. The molecule has 3 rings (SSSR count). The summed E-state index contributed by atoms with van der Waals surface area (Å²) in [4.78, 5) is 26.0. The van der Waals surface area contributed by atoms with E-state index in [1.165, 1.54) is 35.1 Å². The predicted molar refractivity (Wildman–Crippen MR) is 74.7 cm³/mol. The number of aromatic amines is 1. The summed E-state index contributed by atoms with van der Waals surface area (Å²) in [5.74, 6) is -1.88. The number of fused-ring (bicyclic) bond motifs is 1. The van der Waals surface area contributed by atoms with E-state index in [0.29, 0.717) is 5.69 Å². The molecular formula is C14H10FN3O4. The Balaban J connectivity index is 2.27. The van der Waals surface area contributed by atoms with E-state index in [4.69, 9.17) is 0 Å². The Morgan fingerprint density at radius 2 is 2.05 bits per heavy atom. The molecule has 0 aliphatic carbocycles. The van der Waals surface area contributed by atoms with Gasteiger partial charge in [0.2, 0.25) is 0 Å². The van der Waals surface area contributed by atoms with Crippen LogP contribution in [0.4, 0.5) is 4.39 Å². The maximum atomic E-state index is 13.0. The van der Waals surface area contributed by atoms with Crippen LogP contribution >= 0.6 is 0 Å². The number of nitrogens with zero attached hydrogens (tertiary/aromatic N) is 2. The Hall–Kier alpha value is -3.16. The minimum absolute atomic E-state index is 0.171. The molecule has 0 saturated heterocycles. The van der Waals surface area contributed by atoms with Crippen LogP contribution in [0.3, 0.4) is 0 Å². The molecule has 0 spiro atoms. The molecule has 2 heterocycles. The first-order chi connectivity index (χ1) is 10.5. The number of pyridine rings is 1. The first-order valence-electron chi connectivity index (χ1n) is 6.20. The number of aromatic hydroxyl groups is 1. The van der Waals surface area contributed by atoms with Crippen LogP contribution in [0.15, 0.2) is 35.3 Å². The summed E-state index contributed by atoms with van der Waals surface area (Å²) in [6.07, 6.45) is 1.29. The predicted octanol–water partition coefficient (Wildman–Crippen LogP) is 1.35. The summed E-state index contributed by atoms with van der Waals surface area (Å²) >= 11 is 0. The molecule has 0 aliphatic rings. The number of methoxy groups -OCH3 is 1.